The molecule has 12 aromatic rings. The van der Waals surface area contributed by atoms with Gasteiger partial charge in [0.05, 0.1) is 96.7 Å². The number of fused-ring (bicyclic) bond motifs is 4. The highest BCUT2D eigenvalue weighted by Gasteiger charge is 2.49. The molecule has 8 saturated heterocycles. The van der Waals surface area contributed by atoms with Gasteiger partial charge in [0.2, 0.25) is 11.8 Å². The number of aliphatic hydroxyl groups is 4. The fourth-order valence-electron chi connectivity index (χ4n) is 23.4. The van der Waals surface area contributed by atoms with Crippen LogP contribution in [0, 0.1) is 61.7 Å². The molecule has 149 heavy (non-hydrogen) atoms. The highest BCUT2D eigenvalue weighted by Crippen LogP contribution is 2.43. The van der Waals surface area contributed by atoms with Gasteiger partial charge in [-0.3, -0.25) is 34.0 Å². The number of carbonyl (C=O) groups excluding carboxylic acids is 4. The number of rotatable bonds is 23. The van der Waals surface area contributed by atoms with Crippen molar-refractivity contribution in [1.82, 2.24) is 98.6 Å². The van der Waals surface area contributed by atoms with Gasteiger partial charge in [0.1, 0.15) is 57.4 Å². The van der Waals surface area contributed by atoms with Crippen molar-refractivity contribution in [2.75, 3.05) is 125 Å². The Morgan fingerprint density at radius 3 is 1.12 bits per heavy atom. The Kier molecular flexibility index (Phi) is 36.0. The molecule has 45 heteroatoms. The number of halogens is 8. The van der Waals surface area contributed by atoms with Crippen LogP contribution in [0.4, 0.5) is 23.3 Å². The molecule has 4 aromatic carbocycles. The fraction of sp³-hybridized carbons (Fsp3) is 0.529. The van der Waals surface area contributed by atoms with Crippen molar-refractivity contribution in [1.29, 1.82) is 5.26 Å². The molecule has 2 amide bonds. The van der Waals surface area contributed by atoms with Crippen LogP contribution in [0.2, 0.25) is 40.2 Å². The van der Waals surface area contributed by atoms with E-state index in [4.69, 9.17) is 154 Å². The van der Waals surface area contributed by atoms with Crippen LogP contribution in [0.3, 0.4) is 0 Å². The number of carboxylic acid groups (broad SMARTS) is 1. The Balaban J connectivity index is 0.000000140. The molecular formula is C104H127Cl8N27O10. The zero-order valence-electron chi connectivity index (χ0n) is 84.9. The molecule has 0 bridgehead atoms. The van der Waals surface area contributed by atoms with Crippen molar-refractivity contribution in [2.24, 2.45) is 41.1 Å². The van der Waals surface area contributed by atoms with Gasteiger partial charge in [0.15, 0.2) is 28.3 Å². The minimum Gasteiger partial charge on any atom is -0.480 e. The SMILES string of the molecule is CC(c1ccc(Cl)cc1Cl)n1nc(C#N)c2ncc(N3CCC(N4CCCC4C(=O)O)C(C(C)(C)O)C3)nc21.Cc1nn(C(C)c2ccc(Cl)cc2Cl)c2nc(N3CCC(N4CCCC(C)C4)C(CO)C3)cnc12.Cc1nn(C(C)c2ccc(Cl)cc2Cl)c2nc(N3CCC(N4CCCC4CO)C(C(N)=O)C3)cnc12.Cc1nn(C(C)c2ccc(Cl)cc2Cl)c2nc(N3CCC(N4CCCC4CO)C(C(N)=O)C3)cnc12.O=C=O. The van der Waals surface area contributed by atoms with E-state index in [1.54, 1.807) is 67.5 Å². The molecule has 16 unspecified atom stereocenters. The molecule has 0 saturated carbocycles. The number of anilines is 4. The molecule has 8 aliphatic rings. The maximum absolute atomic E-state index is 12.5. The summed E-state index contributed by atoms with van der Waals surface area (Å²) in [5, 5.41) is 83.7. The monoisotopic (exact) mass is 2190 g/mol. The summed E-state index contributed by atoms with van der Waals surface area (Å²) < 4.78 is 7.23. The van der Waals surface area contributed by atoms with E-state index < -0.39 is 17.6 Å². The number of primary amides is 2. The molecule has 9 N–H and O–H groups in total. The van der Waals surface area contributed by atoms with Crippen molar-refractivity contribution in [3.8, 4) is 6.07 Å². The predicted octanol–water partition coefficient (Wildman–Crippen LogP) is 14.9. The van der Waals surface area contributed by atoms with Gasteiger partial charge in [-0.05, 0) is 242 Å². The van der Waals surface area contributed by atoms with Crippen LogP contribution in [0.5, 0.6) is 0 Å². The molecular weight excluding hydrogens is 2070 g/mol. The van der Waals surface area contributed by atoms with Gasteiger partial charge in [0, 0.05) is 154 Å². The predicted molar refractivity (Wildman–Crippen MR) is 575 cm³/mol. The molecule has 8 fully saturated rings. The number of nitriles is 1. The number of aliphatic hydroxyl groups excluding tert-OH is 3. The highest BCUT2D eigenvalue weighted by atomic mass is 35.5. The Hall–Kier alpha value is -10.4. The number of benzene rings is 4. The minimum absolute atomic E-state index is 0.0231. The summed E-state index contributed by atoms with van der Waals surface area (Å²) in [7, 11) is 0. The van der Waals surface area contributed by atoms with E-state index in [-0.39, 0.29) is 122 Å². The van der Waals surface area contributed by atoms with Gasteiger partial charge in [-0.2, -0.15) is 35.2 Å². The maximum Gasteiger partial charge on any atom is 0.373 e. The summed E-state index contributed by atoms with van der Waals surface area (Å²) in [4.78, 5) is 109. The lowest BCUT2D eigenvalue weighted by molar-refractivity contribution is -0.191. The average Bonchev–Trinajstić information content (AvgIpc) is 1.65. The topological polar surface area (TPSA) is 463 Å². The molecule has 794 valence electrons. The normalized spacial score (nSPS) is 23.5. The number of aromatic nitrogens is 16. The Labute approximate surface area is 904 Å². The summed E-state index contributed by atoms with van der Waals surface area (Å²) in [5.41, 5.74) is 21.9. The average molecular weight is 2200 g/mol. The summed E-state index contributed by atoms with van der Waals surface area (Å²) in [6, 6.07) is 23.0. The lowest BCUT2D eigenvalue weighted by atomic mass is 9.79. The van der Waals surface area contributed by atoms with E-state index in [2.05, 4.69) is 79.2 Å². The molecule has 8 aliphatic heterocycles. The molecule has 16 atom stereocenters. The Bertz CT molecular complexity index is 6720. The number of likely N-dealkylation sites (tertiary alicyclic amines) is 4. The second-order valence-corrected chi connectivity index (χ2v) is 44.3. The van der Waals surface area contributed by atoms with Crippen LogP contribution in [0.1, 0.15) is 195 Å². The van der Waals surface area contributed by atoms with Gasteiger partial charge in [-0.1, -0.05) is 124 Å². The number of hydrogen-bond acceptors (Lipinski definition) is 30. The minimum atomic E-state index is -1.04. The largest absolute Gasteiger partial charge is 0.480 e. The van der Waals surface area contributed by atoms with Crippen molar-refractivity contribution in [2.45, 2.75) is 218 Å². The summed E-state index contributed by atoms with van der Waals surface area (Å²) >= 11 is 50.3. The Morgan fingerprint density at radius 1 is 0.436 bits per heavy atom. The number of aryl methyl sites for hydroxylation is 3. The third-order valence-electron chi connectivity index (χ3n) is 31.2. The first-order valence-electron chi connectivity index (χ1n) is 50.8. The molecule has 8 aromatic heterocycles. The molecule has 0 aliphatic carbocycles. The lowest BCUT2D eigenvalue weighted by Crippen LogP contribution is -2.59. The van der Waals surface area contributed by atoms with Gasteiger partial charge in [-0.25, -0.2) is 58.6 Å². The van der Waals surface area contributed by atoms with E-state index in [1.807, 2.05) is 104 Å². The number of carbonyl (C=O) groups is 3. The van der Waals surface area contributed by atoms with Crippen LogP contribution in [-0.4, -0.2) is 301 Å². The number of nitrogens with two attached hydrogens (primary N) is 2. The van der Waals surface area contributed by atoms with Crippen molar-refractivity contribution < 1.29 is 49.5 Å². The number of hydrogen-bond donors (Lipinski definition) is 7. The second kappa shape index (κ2) is 48.3. The van der Waals surface area contributed by atoms with Gasteiger partial charge in [-0.15, -0.1) is 0 Å². The van der Waals surface area contributed by atoms with Crippen LogP contribution in [-0.2, 0) is 24.0 Å². The van der Waals surface area contributed by atoms with Crippen molar-refractivity contribution >= 4 is 185 Å². The van der Waals surface area contributed by atoms with Gasteiger partial charge in [0.25, 0.3) is 0 Å². The molecule has 0 radical (unpaired) electrons. The summed E-state index contributed by atoms with van der Waals surface area (Å²) in [5.74, 6) is 1.34. The van der Waals surface area contributed by atoms with E-state index >= 15 is 0 Å². The number of carboxylic acids is 1. The fourth-order valence-corrected chi connectivity index (χ4v) is 25.7. The maximum atomic E-state index is 12.5. The number of nitrogens with zero attached hydrogens (tertiary/aromatic N) is 25. The second-order valence-electron chi connectivity index (χ2n) is 40.9. The van der Waals surface area contributed by atoms with Crippen molar-refractivity contribution in [3.63, 3.8) is 0 Å². The third kappa shape index (κ3) is 24.1. The molecule has 0 spiro atoms. The quantitative estimate of drug-likeness (QED) is 0.0313. The van der Waals surface area contributed by atoms with E-state index in [0.717, 1.165) is 177 Å². The van der Waals surface area contributed by atoms with Crippen LogP contribution < -0.4 is 31.1 Å². The number of piperidine rings is 5. The standard InChI is InChI=1S/C27H31Cl2N7O3.C26H34Cl2N6O.2C25H31Cl2N7O2.CO2/c1-15(17-7-6-16(28)11-19(17)29)36-25-24(20(12-30)33-36)31-13-23(32-25)34-10-8-21(18(14-34)27(2,3)39)35-9-4-5-22(35)26(37)38;1-16-5-4-9-32(13-16)23-8-10-33(14-19(23)15-35)24-12-29-25-17(2)31-34(26(25)30-24)18(3)21-7-6-20(27)11-22(21)28;2*1-14-23-25(34(31-14)15(2)18-6-5-16(26)10-20(18)27)30-22(11-29-23)32-9-7-21(19(12-32)24(28)36)33-8-3-4-17(33)13-35;2-1-3/h6-7,11,13,15,18,21-22,39H,4-5,8-10,14H2,1-3H3,(H,37,38);6-7,11-12,16,18-19,23,35H,4-5,8-10,13-15H2,1-3H3;2*5-6,10-11,15,17,19,21,35H,3-4,7-9,12-13H2,1-2H3,(H2,28,36);. The zero-order valence-corrected chi connectivity index (χ0v) is 91.0. The first-order chi connectivity index (χ1) is 71.3. The number of aliphatic carboxylic acids is 1. The zero-order chi connectivity index (χ0) is 107. The third-order valence-corrected chi connectivity index (χ3v) is 33.4. The van der Waals surface area contributed by atoms with Crippen molar-refractivity contribution in [3.05, 3.63) is 183 Å². The van der Waals surface area contributed by atoms with E-state index in [9.17, 15) is 45.2 Å². The van der Waals surface area contributed by atoms with Crippen LogP contribution in [0.15, 0.2) is 97.6 Å². The molecule has 16 heterocycles. The van der Waals surface area contributed by atoms with Gasteiger partial charge >= 0.3 is 12.1 Å². The highest BCUT2D eigenvalue weighted by molar-refractivity contribution is 6.37. The van der Waals surface area contributed by atoms with Gasteiger partial charge < -0.3 is 56.6 Å². The Morgan fingerprint density at radius 2 is 0.772 bits per heavy atom. The number of amides is 2. The summed E-state index contributed by atoms with van der Waals surface area (Å²) in [6.45, 7) is 29.9. The molecule has 20 rings (SSSR count). The van der Waals surface area contributed by atoms with E-state index in [0.29, 0.717) is 132 Å². The summed E-state index contributed by atoms with van der Waals surface area (Å²) in [6.07, 6.45) is 18.4. The van der Waals surface area contributed by atoms with E-state index in [1.165, 1.54) is 12.8 Å². The van der Waals surface area contributed by atoms with Crippen LogP contribution >= 0.6 is 92.8 Å². The molecule has 37 nitrogen and oxygen atoms in total. The first-order valence-corrected chi connectivity index (χ1v) is 53.8. The first kappa shape index (κ1) is 111. The lowest BCUT2D eigenvalue weighted by Gasteiger charge is -2.48. The smallest absolute Gasteiger partial charge is 0.373 e. The van der Waals surface area contributed by atoms with Crippen LogP contribution in [0.25, 0.3) is 44.7 Å².